The zero-order valence-corrected chi connectivity index (χ0v) is 9.85. The van der Waals surface area contributed by atoms with Gasteiger partial charge in [0.2, 0.25) is 5.91 Å². The van der Waals surface area contributed by atoms with Gasteiger partial charge in [0.1, 0.15) is 0 Å². The van der Waals surface area contributed by atoms with Crippen molar-refractivity contribution in [2.24, 2.45) is 10.9 Å². The molecule has 1 rings (SSSR count). The van der Waals surface area contributed by atoms with Crippen molar-refractivity contribution in [3.8, 4) is 0 Å². The van der Waals surface area contributed by atoms with Crippen LogP contribution >= 0.6 is 0 Å². The second kappa shape index (κ2) is 6.35. The molecule has 1 heterocycles. The van der Waals surface area contributed by atoms with E-state index in [0.717, 1.165) is 38.6 Å². The summed E-state index contributed by atoms with van der Waals surface area (Å²) >= 11 is 0. The van der Waals surface area contributed by atoms with E-state index in [1.807, 2.05) is 0 Å². The quantitative estimate of drug-likeness (QED) is 0.244. The molecule has 1 unspecified atom stereocenters. The maximum atomic E-state index is 11.9. The van der Waals surface area contributed by atoms with Gasteiger partial charge in [0, 0.05) is 13.0 Å². The first kappa shape index (κ1) is 12.8. The third kappa shape index (κ3) is 3.12. The molecule has 1 fully saturated rings. The number of unbranched alkanes of at least 4 members (excludes halogenated alkanes) is 2. The Morgan fingerprint density at radius 3 is 2.94 bits per heavy atom. The van der Waals surface area contributed by atoms with E-state index in [-0.39, 0.29) is 17.8 Å². The molecule has 1 amide bonds. The zero-order valence-electron chi connectivity index (χ0n) is 9.85. The largest absolute Gasteiger partial charge is 0.409 e. The molecule has 0 saturated carbocycles. The van der Waals surface area contributed by atoms with Crippen LogP contribution in [0.15, 0.2) is 5.16 Å². The maximum absolute atomic E-state index is 11.9. The summed E-state index contributed by atoms with van der Waals surface area (Å²) in [6.45, 7) is 2.84. The van der Waals surface area contributed by atoms with Crippen LogP contribution < -0.4 is 5.73 Å². The molecule has 1 aliphatic rings. The van der Waals surface area contributed by atoms with Crippen molar-refractivity contribution in [3.63, 3.8) is 0 Å². The number of amides is 1. The van der Waals surface area contributed by atoms with Crippen molar-refractivity contribution >= 4 is 11.7 Å². The number of likely N-dealkylation sites (tertiary alicyclic amines) is 1. The fraction of sp³-hybridized carbons (Fsp3) is 0.818. The highest BCUT2D eigenvalue weighted by Crippen LogP contribution is 2.19. The molecule has 0 radical (unpaired) electrons. The lowest BCUT2D eigenvalue weighted by molar-refractivity contribution is -0.131. The molecule has 0 aromatic rings. The number of carbonyl (C=O) groups is 1. The standard InChI is InChI=1S/C11H21N3O2/c1-2-3-4-7-10(15)14-8-5-6-9(14)11(12)13-16/h9,16H,2-8H2,1H3,(H2,12,13). The van der Waals surface area contributed by atoms with Crippen LogP contribution in [0.25, 0.3) is 0 Å². The number of hydrogen-bond acceptors (Lipinski definition) is 3. The molecule has 1 saturated heterocycles. The summed E-state index contributed by atoms with van der Waals surface area (Å²) in [4.78, 5) is 13.6. The molecule has 16 heavy (non-hydrogen) atoms. The minimum absolute atomic E-state index is 0.127. The van der Waals surface area contributed by atoms with Crippen molar-refractivity contribution in [1.82, 2.24) is 4.90 Å². The summed E-state index contributed by atoms with van der Waals surface area (Å²) in [6.07, 6.45) is 5.42. The van der Waals surface area contributed by atoms with E-state index in [9.17, 15) is 4.79 Å². The topological polar surface area (TPSA) is 78.9 Å². The Hall–Kier alpha value is -1.26. The Balaban J connectivity index is 2.48. The average Bonchev–Trinajstić information content (AvgIpc) is 2.77. The van der Waals surface area contributed by atoms with Crippen molar-refractivity contribution in [2.45, 2.75) is 51.5 Å². The van der Waals surface area contributed by atoms with E-state index in [2.05, 4.69) is 12.1 Å². The lowest BCUT2D eigenvalue weighted by atomic mass is 10.1. The molecule has 1 aliphatic heterocycles. The molecular formula is C11H21N3O2. The molecule has 5 nitrogen and oxygen atoms in total. The third-order valence-electron chi connectivity index (χ3n) is 3.02. The van der Waals surface area contributed by atoms with Crippen molar-refractivity contribution in [1.29, 1.82) is 0 Å². The van der Waals surface area contributed by atoms with E-state index in [0.29, 0.717) is 6.42 Å². The monoisotopic (exact) mass is 227 g/mol. The summed E-state index contributed by atoms with van der Waals surface area (Å²) in [7, 11) is 0. The number of carbonyl (C=O) groups excluding carboxylic acids is 1. The van der Waals surface area contributed by atoms with Gasteiger partial charge >= 0.3 is 0 Å². The smallest absolute Gasteiger partial charge is 0.223 e. The lowest BCUT2D eigenvalue weighted by Gasteiger charge is -2.23. The predicted octanol–water partition coefficient (Wildman–Crippen LogP) is 1.30. The van der Waals surface area contributed by atoms with Gasteiger partial charge in [0.05, 0.1) is 6.04 Å². The van der Waals surface area contributed by atoms with E-state index < -0.39 is 0 Å². The Morgan fingerprint density at radius 2 is 2.31 bits per heavy atom. The first-order chi connectivity index (χ1) is 7.70. The second-order valence-corrected chi connectivity index (χ2v) is 4.23. The van der Waals surface area contributed by atoms with Crippen LogP contribution in [0, 0.1) is 0 Å². The number of hydrogen-bond donors (Lipinski definition) is 2. The maximum Gasteiger partial charge on any atom is 0.223 e. The summed E-state index contributed by atoms with van der Waals surface area (Å²) in [5.74, 6) is 0.281. The van der Waals surface area contributed by atoms with Crippen LogP contribution in [0.5, 0.6) is 0 Å². The van der Waals surface area contributed by atoms with Crippen LogP contribution in [0.1, 0.15) is 45.4 Å². The van der Waals surface area contributed by atoms with Gasteiger partial charge in [-0.1, -0.05) is 24.9 Å². The molecule has 5 heteroatoms. The van der Waals surface area contributed by atoms with E-state index in [1.165, 1.54) is 0 Å². The molecule has 1 atom stereocenters. The molecule has 0 aliphatic carbocycles. The fourth-order valence-corrected chi connectivity index (χ4v) is 2.11. The molecule has 0 bridgehead atoms. The molecule has 0 aromatic heterocycles. The van der Waals surface area contributed by atoms with Crippen molar-refractivity contribution < 1.29 is 10.0 Å². The van der Waals surface area contributed by atoms with Crippen LogP contribution in [0.3, 0.4) is 0 Å². The van der Waals surface area contributed by atoms with Gasteiger partial charge in [-0.25, -0.2) is 0 Å². The van der Waals surface area contributed by atoms with Crippen molar-refractivity contribution in [2.75, 3.05) is 6.54 Å². The highest BCUT2D eigenvalue weighted by molar-refractivity contribution is 5.90. The number of rotatable bonds is 5. The summed E-state index contributed by atoms with van der Waals surface area (Å²) < 4.78 is 0. The summed E-state index contributed by atoms with van der Waals surface area (Å²) in [6, 6.07) is -0.195. The zero-order chi connectivity index (χ0) is 12.0. The van der Waals surface area contributed by atoms with Gasteiger partial charge < -0.3 is 15.8 Å². The number of amidine groups is 1. The van der Waals surface area contributed by atoms with Gasteiger partial charge in [-0.15, -0.1) is 0 Å². The average molecular weight is 227 g/mol. The molecule has 0 spiro atoms. The minimum atomic E-state index is -0.195. The number of oxime groups is 1. The fourth-order valence-electron chi connectivity index (χ4n) is 2.11. The van der Waals surface area contributed by atoms with Crippen molar-refractivity contribution in [3.05, 3.63) is 0 Å². The van der Waals surface area contributed by atoms with Crippen LogP contribution in [-0.4, -0.2) is 34.4 Å². The minimum Gasteiger partial charge on any atom is -0.409 e. The summed E-state index contributed by atoms with van der Waals surface area (Å²) in [5.41, 5.74) is 5.57. The Bertz CT molecular complexity index is 266. The van der Waals surface area contributed by atoms with Gasteiger partial charge in [-0.05, 0) is 19.3 Å². The summed E-state index contributed by atoms with van der Waals surface area (Å²) in [5, 5.41) is 11.6. The van der Waals surface area contributed by atoms with Crippen LogP contribution in [0.2, 0.25) is 0 Å². The normalized spacial score (nSPS) is 21.4. The first-order valence-electron chi connectivity index (χ1n) is 5.97. The molecule has 3 N–H and O–H groups in total. The highest BCUT2D eigenvalue weighted by Gasteiger charge is 2.31. The first-order valence-corrected chi connectivity index (χ1v) is 5.97. The Kier molecular flexibility index (Phi) is 5.08. The Labute approximate surface area is 96.3 Å². The van der Waals surface area contributed by atoms with Gasteiger partial charge in [0.15, 0.2) is 5.84 Å². The van der Waals surface area contributed by atoms with Gasteiger partial charge in [-0.2, -0.15) is 0 Å². The second-order valence-electron chi connectivity index (χ2n) is 4.23. The molecule has 92 valence electrons. The molecular weight excluding hydrogens is 206 g/mol. The van der Waals surface area contributed by atoms with Crippen LogP contribution in [0.4, 0.5) is 0 Å². The number of nitrogens with two attached hydrogens (primary N) is 1. The SMILES string of the molecule is CCCCCC(=O)N1CCCC1C(N)=NO. The highest BCUT2D eigenvalue weighted by atomic mass is 16.4. The lowest BCUT2D eigenvalue weighted by Crippen LogP contribution is -2.43. The van der Waals surface area contributed by atoms with E-state index in [1.54, 1.807) is 4.90 Å². The number of nitrogens with zero attached hydrogens (tertiary/aromatic N) is 2. The van der Waals surface area contributed by atoms with Gasteiger partial charge in [0.25, 0.3) is 0 Å². The van der Waals surface area contributed by atoms with E-state index in [4.69, 9.17) is 10.9 Å². The van der Waals surface area contributed by atoms with Gasteiger partial charge in [-0.3, -0.25) is 4.79 Å². The Morgan fingerprint density at radius 1 is 1.56 bits per heavy atom. The predicted molar refractivity (Wildman–Crippen MR) is 62.3 cm³/mol. The van der Waals surface area contributed by atoms with Crippen LogP contribution in [-0.2, 0) is 4.79 Å². The third-order valence-corrected chi connectivity index (χ3v) is 3.02. The van der Waals surface area contributed by atoms with E-state index >= 15 is 0 Å². The molecule has 0 aromatic carbocycles.